The van der Waals surface area contributed by atoms with Crippen molar-refractivity contribution < 1.29 is 23.0 Å². The molecule has 2 unspecified atom stereocenters. The molecule has 0 radical (unpaired) electrons. The van der Waals surface area contributed by atoms with Crippen molar-refractivity contribution >= 4 is 33.6 Å². The summed E-state index contributed by atoms with van der Waals surface area (Å²) in [6, 6.07) is 10.8. The molecule has 3 saturated heterocycles. The lowest BCUT2D eigenvalue weighted by Crippen LogP contribution is -2.45. The van der Waals surface area contributed by atoms with Crippen molar-refractivity contribution in [2.75, 3.05) is 38.2 Å². The number of benzene rings is 2. The Kier molecular flexibility index (Phi) is 8.34. The highest BCUT2D eigenvalue weighted by atomic mass is 19.1. The molecule has 2 aromatic heterocycles. The summed E-state index contributed by atoms with van der Waals surface area (Å²) in [5, 5.41) is 2.00. The first-order valence-electron chi connectivity index (χ1n) is 17.0. The quantitative estimate of drug-likeness (QED) is 0.209. The number of halogens is 2. The van der Waals surface area contributed by atoms with E-state index in [1.54, 1.807) is 17.2 Å². The van der Waals surface area contributed by atoms with Gasteiger partial charge in [0.15, 0.2) is 5.82 Å². The predicted octanol–water partition coefficient (Wildman–Crippen LogP) is 6.75. The van der Waals surface area contributed by atoms with E-state index in [0.29, 0.717) is 48.3 Å². The highest BCUT2D eigenvalue weighted by Crippen LogP contribution is 2.41. The Hall–Kier alpha value is -4.56. The molecule has 256 valence electrons. The number of likely N-dealkylation sites (tertiary alicyclic amines) is 1. The Balaban J connectivity index is 1.31. The van der Waals surface area contributed by atoms with Crippen LogP contribution in [0.3, 0.4) is 0 Å². The Morgan fingerprint density at radius 3 is 2.71 bits per heavy atom. The van der Waals surface area contributed by atoms with Gasteiger partial charge in [0.1, 0.15) is 35.4 Å². The summed E-state index contributed by atoms with van der Waals surface area (Å²) in [7, 11) is 1.88. The molecule has 1 amide bonds. The fourth-order valence-corrected chi connectivity index (χ4v) is 8.03. The number of anilines is 1. The Morgan fingerprint density at radius 1 is 1.18 bits per heavy atom. The van der Waals surface area contributed by atoms with Crippen LogP contribution in [0.5, 0.6) is 6.01 Å². The van der Waals surface area contributed by atoms with Crippen molar-refractivity contribution in [3.05, 3.63) is 54.0 Å². The van der Waals surface area contributed by atoms with Gasteiger partial charge in [0.2, 0.25) is 0 Å². The summed E-state index contributed by atoms with van der Waals surface area (Å²) >= 11 is 0. The first-order chi connectivity index (χ1) is 23.4. The van der Waals surface area contributed by atoms with Gasteiger partial charge in [0.05, 0.1) is 23.0 Å². The van der Waals surface area contributed by atoms with E-state index in [9.17, 15) is 9.18 Å². The van der Waals surface area contributed by atoms with Gasteiger partial charge in [-0.2, -0.15) is 9.97 Å². The maximum Gasteiger partial charge on any atom is 0.410 e. The number of terminal acetylenes is 1. The minimum absolute atomic E-state index is 0.00538. The lowest BCUT2D eigenvalue weighted by atomic mass is 9.95. The smallest absolute Gasteiger partial charge is 0.410 e. The second-order valence-electron chi connectivity index (χ2n) is 14.6. The summed E-state index contributed by atoms with van der Waals surface area (Å²) in [4.78, 5) is 33.0. The van der Waals surface area contributed by atoms with E-state index < -0.39 is 23.1 Å². The molecular weight excluding hydrogens is 626 g/mol. The zero-order chi connectivity index (χ0) is 34.7. The van der Waals surface area contributed by atoms with Crippen molar-refractivity contribution in [1.29, 1.82) is 0 Å². The second kappa shape index (κ2) is 12.4. The van der Waals surface area contributed by atoms with Crippen LogP contribution < -0.4 is 9.64 Å². The van der Waals surface area contributed by atoms with Crippen molar-refractivity contribution in [2.45, 2.75) is 82.8 Å². The molecule has 3 aliphatic rings. The average Bonchev–Trinajstić information content (AvgIpc) is 3.73. The summed E-state index contributed by atoms with van der Waals surface area (Å²) in [5.41, 5.74) is 0.290. The standard InChI is InChI=1S/C38H42F2N6O3/c1-7-24-11-8-12-25-13-9-14-27(30(24)25)32-31(40)33-28(20-41-32)34(44(6)29-15-18-46(23(29)2)36(47)49-37(3,4)5)43-35(42-33)48-22-38-16-10-17-45(38)21-26(39)19-38/h1,8-9,11-14,20,23,26,29H,10,15-19,21-22H2,2-6H3/t23?,26-,29?,38+/m1/s1. The zero-order valence-electron chi connectivity index (χ0n) is 28.7. The number of aromatic nitrogens is 3. The molecule has 0 N–H and O–H groups in total. The molecule has 3 aliphatic heterocycles. The molecule has 0 aliphatic carbocycles. The minimum atomic E-state index is -0.917. The van der Waals surface area contributed by atoms with Crippen LogP contribution in [-0.2, 0) is 4.74 Å². The Morgan fingerprint density at radius 2 is 1.96 bits per heavy atom. The molecule has 4 aromatic rings. The van der Waals surface area contributed by atoms with E-state index in [1.807, 2.05) is 70.0 Å². The van der Waals surface area contributed by atoms with E-state index in [2.05, 4.69) is 20.8 Å². The Bertz CT molecular complexity index is 1970. The number of alkyl halides is 1. The van der Waals surface area contributed by atoms with E-state index in [4.69, 9.17) is 20.9 Å². The van der Waals surface area contributed by atoms with Gasteiger partial charge in [-0.3, -0.25) is 9.88 Å². The van der Waals surface area contributed by atoms with Crippen molar-refractivity contribution in [3.63, 3.8) is 0 Å². The molecule has 11 heteroatoms. The lowest BCUT2D eigenvalue weighted by Gasteiger charge is -2.33. The van der Waals surface area contributed by atoms with Gasteiger partial charge in [-0.15, -0.1) is 6.42 Å². The molecule has 3 fully saturated rings. The number of rotatable bonds is 6. The van der Waals surface area contributed by atoms with Gasteiger partial charge in [0, 0.05) is 49.3 Å². The average molecular weight is 669 g/mol. The largest absolute Gasteiger partial charge is 0.461 e. The van der Waals surface area contributed by atoms with E-state index >= 15 is 4.39 Å². The van der Waals surface area contributed by atoms with Gasteiger partial charge in [-0.25, -0.2) is 13.6 Å². The van der Waals surface area contributed by atoms with Crippen LogP contribution in [0, 0.1) is 18.2 Å². The molecule has 5 heterocycles. The van der Waals surface area contributed by atoms with E-state index in [1.165, 1.54) is 0 Å². The number of ether oxygens (including phenoxy) is 2. The van der Waals surface area contributed by atoms with Crippen LogP contribution in [0.2, 0.25) is 0 Å². The molecular formula is C38H42F2N6O3. The Labute approximate surface area is 285 Å². The molecule has 49 heavy (non-hydrogen) atoms. The van der Waals surface area contributed by atoms with Crippen LogP contribution in [0.15, 0.2) is 42.6 Å². The first-order valence-corrected chi connectivity index (χ1v) is 17.0. The summed E-state index contributed by atoms with van der Waals surface area (Å²) < 4.78 is 43.5. The molecule has 7 rings (SSSR count). The van der Waals surface area contributed by atoms with Crippen molar-refractivity contribution in [3.8, 4) is 29.6 Å². The normalized spacial score (nSPS) is 24.0. The van der Waals surface area contributed by atoms with Crippen molar-refractivity contribution in [1.82, 2.24) is 24.8 Å². The topological polar surface area (TPSA) is 83.9 Å². The summed E-state index contributed by atoms with van der Waals surface area (Å²) in [6.07, 6.45) is 8.96. The number of hydrogen-bond donors (Lipinski definition) is 0. The molecule has 2 aromatic carbocycles. The maximum atomic E-state index is 16.9. The summed E-state index contributed by atoms with van der Waals surface area (Å²) in [5.74, 6) is 2.53. The van der Waals surface area contributed by atoms with Gasteiger partial charge < -0.3 is 19.3 Å². The molecule has 4 atom stereocenters. The van der Waals surface area contributed by atoms with Crippen LogP contribution in [-0.4, -0.2) is 93.5 Å². The van der Waals surface area contributed by atoms with Gasteiger partial charge in [-0.1, -0.05) is 36.3 Å². The maximum absolute atomic E-state index is 16.9. The number of fused-ring (bicyclic) bond motifs is 3. The fraction of sp³-hybridized carbons (Fsp3) is 0.474. The third-order valence-corrected chi connectivity index (χ3v) is 10.4. The number of amides is 1. The van der Waals surface area contributed by atoms with Crippen LogP contribution in [0.25, 0.3) is 32.9 Å². The van der Waals surface area contributed by atoms with Crippen molar-refractivity contribution in [2.24, 2.45) is 0 Å². The fourth-order valence-electron chi connectivity index (χ4n) is 8.03. The number of carbonyl (C=O) groups excluding carboxylic acids is 1. The summed E-state index contributed by atoms with van der Waals surface area (Å²) in [6.45, 7) is 9.40. The molecule has 0 spiro atoms. The lowest BCUT2D eigenvalue weighted by molar-refractivity contribution is 0.0233. The monoisotopic (exact) mass is 668 g/mol. The van der Waals surface area contributed by atoms with Crippen LogP contribution in [0.1, 0.15) is 58.9 Å². The van der Waals surface area contributed by atoms with Gasteiger partial charge in [-0.05, 0) is 65.0 Å². The van der Waals surface area contributed by atoms with E-state index in [-0.39, 0.29) is 42.0 Å². The highest BCUT2D eigenvalue weighted by molar-refractivity contribution is 6.02. The molecule has 0 bridgehead atoms. The second-order valence-corrected chi connectivity index (χ2v) is 14.6. The van der Waals surface area contributed by atoms with E-state index in [0.717, 1.165) is 30.2 Å². The number of likely N-dealkylation sites (N-methyl/N-ethyl adjacent to an activating group) is 1. The third-order valence-electron chi connectivity index (χ3n) is 10.4. The predicted molar refractivity (Wildman–Crippen MR) is 186 cm³/mol. The molecule has 9 nitrogen and oxygen atoms in total. The van der Waals surface area contributed by atoms with Crippen LogP contribution in [0.4, 0.5) is 19.4 Å². The SMILES string of the molecule is C#Cc1cccc2cccc(-c3ncc4c(N(C)C5CCN(C(=O)OC(C)(C)C)C5C)nc(OC[C@@]56CCCN5C[C@H](F)C6)nc4c3F)c12. The van der Waals surface area contributed by atoms with Gasteiger partial charge in [0.25, 0.3) is 0 Å². The molecule has 0 saturated carbocycles. The first kappa shape index (κ1) is 33.0. The zero-order valence-corrected chi connectivity index (χ0v) is 28.7. The number of nitrogens with zero attached hydrogens (tertiary/aromatic N) is 6. The number of hydrogen-bond acceptors (Lipinski definition) is 8. The number of pyridine rings is 1. The number of carbonyl (C=O) groups is 1. The minimum Gasteiger partial charge on any atom is -0.461 e. The third kappa shape index (κ3) is 5.90. The highest BCUT2D eigenvalue weighted by Gasteiger charge is 2.49. The van der Waals surface area contributed by atoms with Gasteiger partial charge >= 0.3 is 12.1 Å². The van der Waals surface area contributed by atoms with Crippen LogP contribution >= 0.6 is 0 Å².